The van der Waals surface area contributed by atoms with E-state index in [1.807, 2.05) is 24.3 Å². The number of fused-ring (bicyclic) bond motifs is 1. The molecule has 0 bridgehead atoms. The van der Waals surface area contributed by atoms with Crippen LogP contribution in [0.2, 0.25) is 5.02 Å². The van der Waals surface area contributed by atoms with Crippen LogP contribution in [0.4, 0.5) is 4.39 Å². The number of hydrogen-bond donors (Lipinski definition) is 2. The Morgan fingerprint density at radius 1 is 1.16 bits per heavy atom. The molecule has 0 atom stereocenters. The summed E-state index contributed by atoms with van der Waals surface area (Å²) in [4.78, 5) is 19.3. The number of nitrogens with zero attached hydrogens (tertiary/aromatic N) is 1. The van der Waals surface area contributed by atoms with Gasteiger partial charge in [0.25, 0.3) is 0 Å². The Hall–Kier alpha value is -2.40. The van der Waals surface area contributed by atoms with Gasteiger partial charge >= 0.3 is 0 Å². The van der Waals surface area contributed by atoms with Crippen molar-refractivity contribution in [2.75, 3.05) is 6.54 Å². The van der Waals surface area contributed by atoms with Crippen LogP contribution in [0, 0.1) is 5.82 Å². The van der Waals surface area contributed by atoms with Crippen LogP contribution in [0.15, 0.2) is 42.5 Å². The molecule has 1 aromatic heterocycles. The maximum Gasteiger partial charge on any atom is 0.220 e. The summed E-state index contributed by atoms with van der Waals surface area (Å²) in [7, 11) is 0. The molecule has 0 saturated heterocycles. The van der Waals surface area contributed by atoms with Crippen molar-refractivity contribution >= 4 is 28.5 Å². The average molecular weight is 360 g/mol. The summed E-state index contributed by atoms with van der Waals surface area (Å²) in [5, 5.41) is 3.61. The normalized spacial score (nSPS) is 11.0. The molecule has 3 aromatic rings. The summed E-state index contributed by atoms with van der Waals surface area (Å²) >= 11 is 5.85. The van der Waals surface area contributed by atoms with Crippen LogP contribution < -0.4 is 5.32 Å². The van der Waals surface area contributed by atoms with E-state index in [0.29, 0.717) is 24.9 Å². The fourth-order valence-corrected chi connectivity index (χ4v) is 2.79. The van der Waals surface area contributed by atoms with E-state index >= 15 is 0 Å². The number of rotatable bonds is 7. The smallest absolute Gasteiger partial charge is 0.220 e. The van der Waals surface area contributed by atoms with E-state index in [2.05, 4.69) is 15.3 Å². The van der Waals surface area contributed by atoms with Gasteiger partial charge in [0.15, 0.2) is 0 Å². The van der Waals surface area contributed by atoms with Gasteiger partial charge in [-0.15, -0.1) is 0 Å². The minimum Gasteiger partial charge on any atom is -0.356 e. The molecule has 1 heterocycles. The highest BCUT2D eigenvalue weighted by Crippen LogP contribution is 2.13. The summed E-state index contributed by atoms with van der Waals surface area (Å²) in [5.41, 5.74) is 2.57. The van der Waals surface area contributed by atoms with Crippen molar-refractivity contribution in [1.29, 1.82) is 0 Å². The zero-order valence-corrected chi connectivity index (χ0v) is 14.4. The predicted octanol–water partition coefficient (Wildman–Crippen LogP) is 4.04. The average Bonchev–Trinajstić information content (AvgIpc) is 2.98. The summed E-state index contributed by atoms with van der Waals surface area (Å²) in [6.45, 7) is 0.502. The molecule has 3 rings (SSSR count). The number of carbonyl (C=O) groups is 1. The minimum absolute atomic E-state index is 0.0242. The van der Waals surface area contributed by atoms with Crippen molar-refractivity contribution in [3.05, 3.63) is 64.7 Å². The molecule has 1 amide bonds. The molecule has 0 radical (unpaired) electrons. The predicted molar refractivity (Wildman–Crippen MR) is 97.2 cm³/mol. The van der Waals surface area contributed by atoms with Crippen molar-refractivity contribution < 1.29 is 9.18 Å². The molecule has 25 heavy (non-hydrogen) atoms. The van der Waals surface area contributed by atoms with E-state index in [9.17, 15) is 9.18 Å². The number of aryl methyl sites for hydroxylation is 1. The van der Waals surface area contributed by atoms with E-state index in [-0.39, 0.29) is 11.7 Å². The Kier molecular flexibility index (Phi) is 5.66. The van der Waals surface area contributed by atoms with Gasteiger partial charge in [-0.1, -0.05) is 23.7 Å². The number of aromatic amines is 1. The number of hydrogen-bond acceptors (Lipinski definition) is 2. The van der Waals surface area contributed by atoms with E-state index in [4.69, 9.17) is 11.6 Å². The lowest BCUT2D eigenvalue weighted by Gasteiger charge is -2.04. The SMILES string of the molecule is O=C(CCCc1ccc(Cl)cc1)NCCc1nc2ccc(F)cc2[nH]1. The second kappa shape index (κ2) is 8.12. The van der Waals surface area contributed by atoms with Gasteiger partial charge in [-0.2, -0.15) is 0 Å². The van der Waals surface area contributed by atoms with Crippen molar-refractivity contribution in [1.82, 2.24) is 15.3 Å². The molecule has 0 fully saturated rings. The third-order valence-corrected chi connectivity index (χ3v) is 4.21. The molecule has 130 valence electrons. The van der Waals surface area contributed by atoms with Crippen molar-refractivity contribution in [3.63, 3.8) is 0 Å². The number of nitrogens with one attached hydrogen (secondary N) is 2. The largest absolute Gasteiger partial charge is 0.356 e. The quantitative estimate of drug-likeness (QED) is 0.669. The van der Waals surface area contributed by atoms with E-state index in [0.717, 1.165) is 29.2 Å². The fourth-order valence-electron chi connectivity index (χ4n) is 2.67. The zero-order chi connectivity index (χ0) is 17.6. The van der Waals surface area contributed by atoms with E-state index in [1.54, 1.807) is 6.07 Å². The molecule has 6 heteroatoms. The molecule has 0 aliphatic carbocycles. The molecule has 0 aliphatic rings. The van der Waals surface area contributed by atoms with Gasteiger partial charge in [0.2, 0.25) is 5.91 Å². The summed E-state index contributed by atoms with van der Waals surface area (Å²) in [5.74, 6) is 0.467. The number of amides is 1. The maximum atomic E-state index is 13.2. The molecule has 0 saturated carbocycles. The summed E-state index contributed by atoms with van der Waals surface area (Å²) in [6.07, 6.45) is 2.70. The van der Waals surface area contributed by atoms with Crippen molar-refractivity contribution in [3.8, 4) is 0 Å². The Morgan fingerprint density at radius 3 is 2.76 bits per heavy atom. The van der Waals surface area contributed by atoms with Crippen LogP contribution in [-0.2, 0) is 17.6 Å². The van der Waals surface area contributed by atoms with Crippen LogP contribution in [0.1, 0.15) is 24.2 Å². The van der Waals surface area contributed by atoms with Crippen LogP contribution in [0.5, 0.6) is 0 Å². The Bertz CT molecular complexity index is 861. The topological polar surface area (TPSA) is 57.8 Å². The van der Waals surface area contributed by atoms with Gasteiger partial charge < -0.3 is 10.3 Å². The number of H-pyrrole nitrogens is 1. The van der Waals surface area contributed by atoms with Gasteiger partial charge in [0.1, 0.15) is 11.6 Å². The first kappa shape index (κ1) is 17.4. The van der Waals surface area contributed by atoms with E-state index < -0.39 is 0 Å². The zero-order valence-electron chi connectivity index (χ0n) is 13.7. The van der Waals surface area contributed by atoms with Gasteiger partial charge in [-0.3, -0.25) is 4.79 Å². The van der Waals surface area contributed by atoms with Gasteiger partial charge in [-0.05, 0) is 48.7 Å². The number of benzene rings is 2. The van der Waals surface area contributed by atoms with Crippen LogP contribution >= 0.6 is 11.6 Å². The highest BCUT2D eigenvalue weighted by molar-refractivity contribution is 6.30. The van der Waals surface area contributed by atoms with E-state index in [1.165, 1.54) is 17.7 Å². The molecule has 2 aromatic carbocycles. The van der Waals surface area contributed by atoms with Crippen LogP contribution in [0.25, 0.3) is 11.0 Å². The molecular formula is C19H19ClFN3O. The standard InChI is InChI=1S/C19H19ClFN3O/c20-14-6-4-13(5-7-14)2-1-3-19(25)22-11-10-18-23-16-9-8-15(21)12-17(16)24-18/h4-9,12H,1-3,10-11H2,(H,22,25)(H,23,24). The van der Waals surface area contributed by atoms with Crippen molar-refractivity contribution in [2.45, 2.75) is 25.7 Å². The molecule has 0 aliphatic heterocycles. The molecular weight excluding hydrogens is 341 g/mol. The first-order chi connectivity index (χ1) is 12.1. The summed E-state index contributed by atoms with van der Waals surface area (Å²) < 4.78 is 13.2. The lowest BCUT2D eigenvalue weighted by atomic mass is 10.1. The number of imidazole rings is 1. The van der Waals surface area contributed by atoms with Gasteiger partial charge in [-0.25, -0.2) is 9.37 Å². The second-order valence-corrected chi connectivity index (χ2v) is 6.36. The number of aromatic nitrogens is 2. The third kappa shape index (κ3) is 5.03. The molecule has 4 nitrogen and oxygen atoms in total. The molecule has 0 unspecified atom stereocenters. The second-order valence-electron chi connectivity index (χ2n) is 5.92. The first-order valence-electron chi connectivity index (χ1n) is 8.25. The van der Waals surface area contributed by atoms with Crippen LogP contribution in [-0.4, -0.2) is 22.4 Å². The van der Waals surface area contributed by atoms with Gasteiger partial charge in [0.05, 0.1) is 11.0 Å². The summed E-state index contributed by atoms with van der Waals surface area (Å²) in [6, 6.07) is 12.1. The van der Waals surface area contributed by atoms with Gasteiger partial charge in [0, 0.05) is 24.4 Å². The molecule has 2 N–H and O–H groups in total. The fraction of sp³-hybridized carbons (Fsp3) is 0.263. The minimum atomic E-state index is -0.295. The Morgan fingerprint density at radius 2 is 1.96 bits per heavy atom. The third-order valence-electron chi connectivity index (χ3n) is 3.96. The number of carbonyl (C=O) groups excluding carboxylic acids is 1. The Labute approximate surface area is 150 Å². The van der Waals surface area contributed by atoms with Crippen LogP contribution in [0.3, 0.4) is 0 Å². The monoisotopic (exact) mass is 359 g/mol. The molecule has 0 spiro atoms. The highest BCUT2D eigenvalue weighted by Gasteiger charge is 2.05. The Balaban J connectivity index is 1.39. The number of halogens is 2. The first-order valence-corrected chi connectivity index (χ1v) is 8.63. The lowest BCUT2D eigenvalue weighted by Crippen LogP contribution is -2.25. The highest BCUT2D eigenvalue weighted by atomic mass is 35.5. The lowest BCUT2D eigenvalue weighted by molar-refractivity contribution is -0.121. The maximum absolute atomic E-state index is 13.2. The van der Waals surface area contributed by atoms with Crippen molar-refractivity contribution in [2.24, 2.45) is 0 Å².